The van der Waals surface area contributed by atoms with Crippen molar-refractivity contribution in [2.45, 2.75) is 77.2 Å². The molecule has 1 fully saturated rings. The number of allylic oxidation sites excluding steroid dienone is 3. The number of rotatable bonds is 3. The number of ether oxygens (including phenoxy) is 1. The van der Waals surface area contributed by atoms with Crippen molar-refractivity contribution in [2.75, 3.05) is 0 Å². The number of carbonyl (C=O) groups excluding carboxylic acids is 2. The smallest absolute Gasteiger partial charge is 0.337 e. The zero-order valence-electron chi connectivity index (χ0n) is 16.1. The molecule has 0 saturated heterocycles. The SMILES string of the molecule is CC1=C(C(=O)OC2CCCCC2)C(c2ccc(C)s2)C2=C(CCCC2=O)N1. The van der Waals surface area contributed by atoms with E-state index in [1.54, 1.807) is 11.3 Å². The van der Waals surface area contributed by atoms with Crippen LogP contribution in [0.2, 0.25) is 0 Å². The minimum atomic E-state index is -0.288. The second kappa shape index (κ2) is 7.63. The van der Waals surface area contributed by atoms with E-state index < -0.39 is 0 Å². The summed E-state index contributed by atoms with van der Waals surface area (Å²) in [5.41, 5.74) is 3.23. The van der Waals surface area contributed by atoms with Crippen molar-refractivity contribution in [1.29, 1.82) is 0 Å². The highest BCUT2D eigenvalue weighted by atomic mass is 32.1. The normalized spacial score (nSPS) is 23.9. The third-order valence-corrected chi connectivity index (χ3v) is 6.93. The summed E-state index contributed by atoms with van der Waals surface area (Å²) >= 11 is 1.67. The van der Waals surface area contributed by atoms with E-state index in [1.807, 2.05) is 6.92 Å². The van der Waals surface area contributed by atoms with Crippen LogP contribution >= 0.6 is 11.3 Å². The van der Waals surface area contributed by atoms with Crippen molar-refractivity contribution in [1.82, 2.24) is 5.32 Å². The number of carbonyl (C=O) groups is 2. The van der Waals surface area contributed by atoms with Gasteiger partial charge in [0.2, 0.25) is 0 Å². The number of thiophene rings is 1. The molecule has 0 spiro atoms. The molecule has 1 saturated carbocycles. The van der Waals surface area contributed by atoms with Gasteiger partial charge < -0.3 is 10.1 Å². The quantitative estimate of drug-likeness (QED) is 0.752. The van der Waals surface area contributed by atoms with Crippen LogP contribution in [-0.4, -0.2) is 17.9 Å². The summed E-state index contributed by atoms with van der Waals surface area (Å²) in [5, 5.41) is 3.37. The molecule has 2 aliphatic carbocycles. The number of hydrogen-bond acceptors (Lipinski definition) is 5. The van der Waals surface area contributed by atoms with Gasteiger partial charge in [0.15, 0.2) is 5.78 Å². The fraction of sp³-hybridized carbons (Fsp3) is 0.545. The van der Waals surface area contributed by atoms with Gasteiger partial charge in [0.1, 0.15) is 6.10 Å². The highest BCUT2D eigenvalue weighted by Crippen LogP contribution is 2.44. The molecular weight excluding hydrogens is 358 g/mol. The third-order valence-electron chi connectivity index (χ3n) is 5.87. The number of dihydropyridines is 1. The molecule has 0 aromatic carbocycles. The summed E-state index contributed by atoms with van der Waals surface area (Å²) in [5.74, 6) is -0.382. The maximum atomic E-state index is 13.2. The monoisotopic (exact) mass is 385 g/mol. The average Bonchev–Trinajstić information content (AvgIpc) is 3.07. The lowest BCUT2D eigenvalue weighted by Crippen LogP contribution is -2.35. The van der Waals surface area contributed by atoms with Crippen molar-refractivity contribution in [2.24, 2.45) is 0 Å². The zero-order chi connectivity index (χ0) is 19.0. The van der Waals surface area contributed by atoms with E-state index in [-0.39, 0.29) is 23.8 Å². The number of aryl methyl sites for hydroxylation is 1. The zero-order valence-corrected chi connectivity index (χ0v) is 16.9. The summed E-state index contributed by atoms with van der Waals surface area (Å²) in [6.45, 7) is 4.00. The first-order chi connectivity index (χ1) is 13.0. The molecule has 0 amide bonds. The second-order valence-corrected chi connectivity index (χ2v) is 9.20. The van der Waals surface area contributed by atoms with Gasteiger partial charge in [-0.2, -0.15) is 0 Å². The van der Waals surface area contributed by atoms with Crippen molar-refractivity contribution in [3.05, 3.63) is 44.4 Å². The predicted octanol–water partition coefficient (Wildman–Crippen LogP) is 4.90. The molecule has 1 aromatic heterocycles. The van der Waals surface area contributed by atoms with E-state index in [9.17, 15) is 9.59 Å². The molecule has 1 unspecified atom stereocenters. The van der Waals surface area contributed by atoms with Crippen LogP contribution in [0.1, 0.15) is 74.0 Å². The second-order valence-electron chi connectivity index (χ2n) is 7.88. The lowest BCUT2D eigenvalue weighted by molar-refractivity contribution is -0.146. The fourth-order valence-electron chi connectivity index (χ4n) is 4.54. The molecule has 2 heterocycles. The van der Waals surface area contributed by atoms with E-state index in [4.69, 9.17) is 4.74 Å². The first-order valence-corrected chi connectivity index (χ1v) is 10.9. The Labute approximate surface area is 164 Å². The molecule has 1 atom stereocenters. The molecule has 144 valence electrons. The summed E-state index contributed by atoms with van der Waals surface area (Å²) < 4.78 is 5.91. The van der Waals surface area contributed by atoms with Crippen LogP contribution in [0.3, 0.4) is 0 Å². The van der Waals surface area contributed by atoms with Gasteiger partial charge in [0.05, 0.1) is 11.5 Å². The third kappa shape index (κ3) is 3.62. The molecular formula is C22H27NO3S. The Kier molecular flexibility index (Phi) is 5.22. The van der Waals surface area contributed by atoms with Crippen molar-refractivity contribution in [3.63, 3.8) is 0 Å². The molecule has 1 N–H and O–H groups in total. The molecule has 5 heteroatoms. The van der Waals surface area contributed by atoms with Gasteiger partial charge in [-0.05, 0) is 64.5 Å². The van der Waals surface area contributed by atoms with Crippen molar-refractivity contribution < 1.29 is 14.3 Å². The van der Waals surface area contributed by atoms with Gasteiger partial charge >= 0.3 is 5.97 Å². The van der Waals surface area contributed by atoms with E-state index in [0.717, 1.165) is 60.4 Å². The van der Waals surface area contributed by atoms with Crippen LogP contribution in [0.4, 0.5) is 0 Å². The van der Waals surface area contributed by atoms with Crippen molar-refractivity contribution >= 4 is 23.1 Å². The highest BCUT2D eigenvalue weighted by Gasteiger charge is 2.40. The van der Waals surface area contributed by atoms with Crippen LogP contribution in [0, 0.1) is 6.92 Å². The number of nitrogens with one attached hydrogen (secondary N) is 1. The van der Waals surface area contributed by atoms with Gasteiger partial charge in [-0.15, -0.1) is 11.3 Å². The highest BCUT2D eigenvalue weighted by molar-refractivity contribution is 7.12. The summed E-state index contributed by atoms with van der Waals surface area (Å²) in [6, 6.07) is 4.12. The predicted molar refractivity (Wildman–Crippen MR) is 106 cm³/mol. The Morgan fingerprint density at radius 2 is 1.89 bits per heavy atom. The summed E-state index contributed by atoms with van der Waals surface area (Å²) in [7, 11) is 0. The van der Waals surface area contributed by atoms with Gasteiger partial charge in [0, 0.05) is 33.1 Å². The van der Waals surface area contributed by atoms with E-state index in [0.29, 0.717) is 12.0 Å². The summed E-state index contributed by atoms with van der Waals surface area (Å²) in [6.07, 6.45) is 7.66. The van der Waals surface area contributed by atoms with E-state index in [2.05, 4.69) is 24.4 Å². The van der Waals surface area contributed by atoms with Crippen LogP contribution in [0.5, 0.6) is 0 Å². The van der Waals surface area contributed by atoms with E-state index >= 15 is 0 Å². The molecule has 0 bridgehead atoms. The number of esters is 1. The van der Waals surface area contributed by atoms with Crippen LogP contribution in [-0.2, 0) is 14.3 Å². The molecule has 4 nitrogen and oxygen atoms in total. The number of hydrogen-bond donors (Lipinski definition) is 1. The Morgan fingerprint density at radius 3 is 2.59 bits per heavy atom. The molecule has 3 aliphatic rings. The Bertz CT molecular complexity index is 826. The molecule has 1 aliphatic heterocycles. The molecule has 1 aromatic rings. The topological polar surface area (TPSA) is 55.4 Å². The standard InChI is InChI=1S/C22H27NO3S/c1-13-11-12-18(27-13)21-19(22(25)26-15-7-4-3-5-8-15)14(2)23-16-9-6-10-17(24)20(16)21/h11-12,15,21,23H,3-10H2,1-2H3. The number of Topliss-reactive ketones (excluding diaryl/α,β-unsaturated/α-hetero) is 1. The van der Waals surface area contributed by atoms with Gasteiger partial charge in [-0.1, -0.05) is 6.42 Å². The van der Waals surface area contributed by atoms with Crippen LogP contribution < -0.4 is 5.32 Å². The van der Waals surface area contributed by atoms with Gasteiger partial charge in [-0.3, -0.25) is 4.79 Å². The maximum absolute atomic E-state index is 13.2. The van der Waals surface area contributed by atoms with Gasteiger partial charge in [0.25, 0.3) is 0 Å². The lowest BCUT2D eigenvalue weighted by atomic mass is 9.78. The molecule has 0 radical (unpaired) electrons. The minimum Gasteiger partial charge on any atom is -0.459 e. The Hall–Kier alpha value is -1.88. The summed E-state index contributed by atoms with van der Waals surface area (Å²) in [4.78, 5) is 28.3. The largest absolute Gasteiger partial charge is 0.459 e. The maximum Gasteiger partial charge on any atom is 0.337 e. The Balaban J connectivity index is 1.71. The first kappa shape index (κ1) is 18.5. The van der Waals surface area contributed by atoms with Crippen molar-refractivity contribution in [3.8, 4) is 0 Å². The number of ketones is 1. The Morgan fingerprint density at radius 1 is 1.11 bits per heavy atom. The lowest BCUT2D eigenvalue weighted by Gasteiger charge is -2.34. The van der Waals surface area contributed by atoms with Crippen LogP contribution in [0.25, 0.3) is 0 Å². The molecule has 27 heavy (non-hydrogen) atoms. The van der Waals surface area contributed by atoms with Gasteiger partial charge in [-0.25, -0.2) is 4.79 Å². The van der Waals surface area contributed by atoms with E-state index in [1.165, 1.54) is 11.3 Å². The minimum absolute atomic E-state index is 0.00899. The molecule has 4 rings (SSSR count). The van der Waals surface area contributed by atoms with Crippen LogP contribution in [0.15, 0.2) is 34.7 Å². The first-order valence-electron chi connectivity index (χ1n) is 10.1. The fourth-order valence-corrected chi connectivity index (χ4v) is 5.54. The average molecular weight is 386 g/mol.